The van der Waals surface area contributed by atoms with Crippen molar-refractivity contribution < 1.29 is 18.7 Å². The van der Waals surface area contributed by atoms with Crippen LogP contribution in [-0.4, -0.2) is 49.4 Å². The van der Waals surface area contributed by atoms with Gasteiger partial charge in [-0.2, -0.15) is 0 Å². The summed E-state index contributed by atoms with van der Waals surface area (Å²) in [6.07, 6.45) is 4.09. The van der Waals surface area contributed by atoms with Crippen LogP contribution in [0, 0.1) is 0 Å². The summed E-state index contributed by atoms with van der Waals surface area (Å²) in [5, 5.41) is 3.06. The van der Waals surface area contributed by atoms with E-state index in [0.717, 1.165) is 35.2 Å². The molecule has 2 aliphatic heterocycles. The van der Waals surface area contributed by atoms with Gasteiger partial charge in [0.25, 0.3) is 0 Å². The lowest BCUT2D eigenvalue weighted by atomic mass is 10.2. The molecule has 0 saturated carbocycles. The molecule has 4 rings (SSSR count). The van der Waals surface area contributed by atoms with Gasteiger partial charge in [0, 0.05) is 11.4 Å². The molecule has 2 aromatic rings. The maximum Gasteiger partial charge on any atom is 0.230 e. The molecule has 1 N–H and O–H groups in total. The van der Waals surface area contributed by atoms with Crippen LogP contribution in [0.25, 0.3) is 0 Å². The number of amides is 1. The van der Waals surface area contributed by atoms with Crippen molar-refractivity contribution in [2.45, 2.75) is 23.8 Å². The number of nitrogens with zero attached hydrogens (tertiary/aromatic N) is 1. The largest absolute Gasteiger partial charge is 0.486 e. The maximum absolute atomic E-state index is 12.4. The van der Waals surface area contributed by atoms with Gasteiger partial charge in [-0.1, -0.05) is 0 Å². The summed E-state index contributed by atoms with van der Waals surface area (Å²) in [7, 11) is 0. The van der Waals surface area contributed by atoms with Gasteiger partial charge >= 0.3 is 0 Å². The van der Waals surface area contributed by atoms with Crippen molar-refractivity contribution >= 4 is 17.7 Å². The van der Waals surface area contributed by atoms with Gasteiger partial charge in [0.1, 0.15) is 19.0 Å². The number of ether oxygens (including phenoxy) is 2. The molecular formula is C20H24N2O4S. The summed E-state index contributed by atoms with van der Waals surface area (Å²) in [6.45, 7) is 3.80. The van der Waals surface area contributed by atoms with E-state index in [-0.39, 0.29) is 11.9 Å². The Balaban J connectivity index is 1.29. The predicted molar refractivity (Wildman–Crippen MR) is 103 cm³/mol. The van der Waals surface area contributed by atoms with Crippen molar-refractivity contribution in [2.24, 2.45) is 0 Å². The molecule has 0 bridgehead atoms. The highest BCUT2D eigenvalue weighted by Crippen LogP contribution is 2.34. The van der Waals surface area contributed by atoms with Gasteiger partial charge in [-0.05, 0) is 56.3 Å². The molecule has 6 nitrogen and oxygen atoms in total. The van der Waals surface area contributed by atoms with Crippen LogP contribution in [0.2, 0.25) is 0 Å². The van der Waals surface area contributed by atoms with E-state index in [1.807, 2.05) is 30.3 Å². The van der Waals surface area contributed by atoms with Gasteiger partial charge in [0.05, 0.1) is 18.1 Å². The molecule has 144 valence electrons. The van der Waals surface area contributed by atoms with Gasteiger partial charge in [0.2, 0.25) is 5.91 Å². The highest BCUT2D eigenvalue weighted by atomic mass is 32.2. The van der Waals surface area contributed by atoms with Crippen LogP contribution in [0.5, 0.6) is 11.5 Å². The first-order valence-electron chi connectivity index (χ1n) is 9.36. The molecule has 1 aromatic heterocycles. The normalized spacial score (nSPS) is 17.6. The first kappa shape index (κ1) is 18.3. The van der Waals surface area contributed by atoms with Crippen molar-refractivity contribution in [2.75, 3.05) is 38.6 Å². The van der Waals surface area contributed by atoms with Crippen molar-refractivity contribution in [3.8, 4) is 11.5 Å². The van der Waals surface area contributed by atoms with Crippen LogP contribution in [0.1, 0.15) is 24.6 Å². The molecule has 2 aliphatic rings. The van der Waals surface area contributed by atoms with Crippen molar-refractivity contribution in [1.82, 2.24) is 10.2 Å². The monoisotopic (exact) mass is 388 g/mol. The maximum atomic E-state index is 12.4. The zero-order valence-electron chi connectivity index (χ0n) is 15.2. The summed E-state index contributed by atoms with van der Waals surface area (Å²) in [6, 6.07) is 9.78. The number of carbonyl (C=O) groups excluding carboxylic acids is 1. The van der Waals surface area contributed by atoms with E-state index >= 15 is 0 Å². The third-order valence-electron chi connectivity index (χ3n) is 4.83. The second kappa shape index (κ2) is 8.71. The average molecular weight is 388 g/mol. The summed E-state index contributed by atoms with van der Waals surface area (Å²) in [5.41, 5.74) is 0. The average Bonchev–Trinajstić information content (AvgIpc) is 3.41. The van der Waals surface area contributed by atoms with Crippen LogP contribution in [0.4, 0.5) is 0 Å². The number of benzene rings is 1. The molecule has 27 heavy (non-hydrogen) atoms. The topological polar surface area (TPSA) is 63.9 Å². The molecule has 1 fully saturated rings. The van der Waals surface area contributed by atoms with Crippen molar-refractivity contribution in [1.29, 1.82) is 0 Å². The van der Waals surface area contributed by atoms with E-state index in [1.165, 1.54) is 24.6 Å². The van der Waals surface area contributed by atoms with E-state index in [0.29, 0.717) is 25.5 Å². The molecule has 0 aliphatic carbocycles. The van der Waals surface area contributed by atoms with E-state index in [9.17, 15) is 4.79 Å². The van der Waals surface area contributed by atoms with Gasteiger partial charge in [-0.25, -0.2) is 0 Å². The zero-order valence-corrected chi connectivity index (χ0v) is 16.0. The zero-order chi connectivity index (χ0) is 18.5. The third kappa shape index (κ3) is 4.59. The van der Waals surface area contributed by atoms with Crippen LogP contribution >= 0.6 is 11.8 Å². The Kier molecular flexibility index (Phi) is 5.89. The summed E-state index contributed by atoms with van der Waals surface area (Å²) in [5.74, 6) is 2.81. The Bertz CT molecular complexity index is 759. The molecule has 0 radical (unpaired) electrons. The number of likely N-dealkylation sites (tertiary alicyclic amines) is 1. The van der Waals surface area contributed by atoms with Crippen LogP contribution in [-0.2, 0) is 4.79 Å². The molecule has 1 amide bonds. The molecule has 3 heterocycles. The number of furan rings is 1. The Morgan fingerprint density at radius 3 is 2.74 bits per heavy atom. The summed E-state index contributed by atoms with van der Waals surface area (Å²) in [4.78, 5) is 15.7. The van der Waals surface area contributed by atoms with Crippen molar-refractivity contribution in [3.05, 3.63) is 42.4 Å². The van der Waals surface area contributed by atoms with Crippen molar-refractivity contribution in [3.63, 3.8) is 0 Å². The van der Waals surface area contributed by atoms with Gasteiger partial charge in [0.15, 0.2) is 11.5 Å². The molecule has 1 saturated heterocycles. The number of hydrogen-bond donors (Lipinski definition) is 1. The number of rotatable bonds is 7. The van der Waals surface area contributed by atoms with Crippen LogP contribution in [0.3, 0.4) is 0 Å². The van der Waals surface area contributed by atoms with Crippen LogP contribution < -0.4 is 14.8 Å². The quantitative estimate of drug-likeness (QED) is 0.736. The standard InChI is InChI=1S/C20H24N2O4S/c23-20(14-27-15-5-6-18-19(12-15)26-11-10-25-18)21-13-16(17-4-3-9-24-17)22-7-1-2-8-22/h3-6,9,12,16H,1-2,7-8,10-11,13-14H2,(H,21,23). The molecule has 7 heteroatoms. The fraction of sp³-hybridized carbons (Fsp3) is 0.450. The lowest BCUT2D eigenvalue weighted by molar-refractivity contribution is -0.118. The second-order valence-electron chi connectivity index (χ2n) is 6.67. The first-order valence-corrected chi connectivity index (χ1v) is 10.3. The molecule has 1 unspecified atom stereocenters. The molecule has 0 spiro atoms. The summed E-state index contributed by atoms with van der Waals surface area (Å²) >= 11 is 1.50. The SMILES string of the molecule is O=C(CSc1ccc2c(c1)OCCO2)NCC(c1ccco1)N1CCCC1. The third-order valence-corrected chi connectivity index (χ3v) is 5.82. The minimum atomic E-state index is 0.0191. The van der Waals surface area contributed by atoms with Gasteiger partial charge in [-0.15, -0.1) is 11.8 Å². The first-order chi connectivity index (χ1) is 13.3. The van der Waals surface area contributed by atoms with E-state index in [2.05, 4.69) is 10.2 Å². The van der Waals surface area contributed by atoms with Crippen LogP contribution in [0.15, 0.2) is 45.9 Å². The number of nitrogens with one attached hydrogen (secondary N) is 1. The Morgan fingerprint density at radius 2 is 1.96 bits per heavy atom. The number of carbonyl (C=O) groups is 1. The highest BCUT2D eigenvalue weighted by Gasteiger charge is 2.25. The predicted octanol–water partition coefficient (Wildman–Crippen LogP) is 3.10. The smallest absolute Gasteiger partial charge is 0.230 e. The molecular weight excluding hydrogens is 364 g/mol. The Morgan fingerprint density at radius 1 is 1.15 bits per heavy atom. The molecule has 1 aromatic carbocycles. The van der Waals surface area contributed by atoms with Gasteiger partial charge in [-0.3, -0.25) is 9.69 Å². The minimum absolute atomic E-state index is 0.0191. The second-order valence-corrected chi connectivity index (χ2v) is 7.72. The molecule has 1 atom stereocenters. The fourth-order valence-corrected chi connectivity index (χ4v) is 4.22. The highest BCUT2D eigenvalue weighted by molar-refractivity contribution is 8.00. The summed E-state index contributed by atoms with van der Waals surface area (Å²) < 4.78 is 16.7. The lowest BCUT2D eigenvalue weighted by Crippen LogP contribution is -2.37. The fourth-order valence-electron chi connectivity index (χ4n) is 3.47. The van der Waals surface area contributed by atoms with E-state index in [4.69, 9.17) is 13.9 Å². The number of fused-ring (bicyclic) bond motifs is 1. The minimum Gasteiger partial charge on any atom is -0.486 e. The van der Waals surface area contributed by atoms with E-state index in [1.54, 1.807) is 6.26 Å². The Labute approximate surface area is 163 Å². The number of hydrogen-bond acceptors (Lipinski definition) is 6. The van der Waals surface area contributed by atoms with E-state index < -0.39 is 0 Å². The Hall–Kier alpha value is -2.12. The van der Waals surface area contributed by atoms with Gasteiger partial charge < -0.3 is 19.2 Å². The lowest BCUT2D eigenvalue weighted by Gasteiger charge is -2.26. The number of thioether (sulfide) groups is 1.